The Balaban J connectivity index is 1.77. The first-order valence-electron chi connectivity index (χ1n) is 5.53. The third-order valence-corrected chi connectivity index (χ3v) is 3.08. The van der Waals surface area contributed by atoms with E-state index in [4.69, 9.17) is 17.0 Å². The average Bonchev–Trinajstić information content (AvgIpc) is 2.27. The zero-order valence-electron chi connectivity index (χ0n) is 9.48. The zero-order chi connectivity index (χ0) is 13.2. The van der Waals surface area contributed by atoms with E-state index < -0.39 is 12.0 Å². The van der Waals surface area contributed by atoms with Crippen LogP contribution in [0.15, 0.2) is 30.3 Å². The van der Waals surface area contributed by atoms with Gasteiger partial charge < -0.3 is 15.2 Å². The quantitative estimate of drug-likeness (QED) is 0.828. The van der Waals surface area contributed by atoms with Gasteiger partial charge in [-0.3, -0.25) is 0 Å². The summed E-state index contributed by atoms with van der Waals surface area (Å²) in [7, 11) is 0. The van der Waals surface area contributed by atoms with Crippen molar-refractivity contribution < 1.29 is 18.6 Å². The fraction of sp³-hybridized carbons (Fsp3) is 0.417. The maximum Gasteiger partial charge on any atom is 0.266 e. The van der Waals surface area contributed by atoms with Crippen LogP contribution in [0, 0.1) is 0 Å². The molecule has 0 saturated heterocycles. The van der Waals surface area contributed by atoms with Gasteiger partial charge in [0, 0.05) is 18.9 Å². The van der Waals surface area contributed by atoms with Crippen molar-refractivity contribution in [1.29, 1.82) is 0 Å². The summed E-state index contributed by atoms with van der Waals surface area (Å²) >= 11 is 4.95. The first kappa shape index (κ1) is 13.2. The van der Waals surface area contributed by atoms with E-state index in [0.717, 1.165) is 0 Å². The Morgan fingerprint density at radius 3 is 2.56 bits per heavy atom. The van der Waals surface area contributed by atoms with E-state index in [0.29, 0.717) is 5.75 Å². The highest BCUT2D eigenvalue weighted by atomic mass is 32.1. The van der Waals surface area contributed by atoms with Crippen LogP contribution < -0.4 is 10.1 Å². The van der Waals surface area contributed by atoms with E-state index in [2.05, 4.69) is 5.32 Å². The van der Waals surface area contributed by atoms with Crippen molar-refractivity contribution in [2.75, 3.05) is 0 Å². The summed E-state index contributed by atoms with van der Waals surface area (Å²) in [4.78, 5) is 0. The summed E-state index contributed by atoms with van der Waals surface area (Å²) in [6.45, 7) is 0. The topological polar surface area (TPSA) is 41.5 Å². The Morgan fingerprint density at radius 1 is 1.39 bits per heavy atom. The Labute approximate surface area is 109 Å². The van der Waals surface area contributed by atoms with E-state index in [1.54, 1.807) is 24.3 Å². The predicted molar refractivity (Wildman–Crippen MR) is 66.8 cm³/mol. The third-order valence-electron chi connectivity index (χ3n) is 2.88. The first-order valence-corrected chi connectivity index (χ1v) is 5.94. The smallest absolute Gasteiger partial charge is 0.266 e. The number of ether oxygens (including phenoxy) is 1. The van der Waals surface area contributed by atoms with Crippen molar-refractivity contribution in [2.24, 2.45) is 0 Å². The monoisotopic (exact) mass is 273 g/mol. The van der Waals surface area contributed by atoms with Crippen molar-refractivity contribution in [1.82, 2.24) is 5.32 Å². The summed E-state index contributed by atoms with van der Waals surface area (Å²) in [5, 5.41) is 12.3. The summed E-state index contributed by atoms with van der Waals surface area (Å²) in [5.41, 5.74) is -1.87. The van der Waals surface area contributed by atoms with Crippen molar-refractivity contribution in [3.05, 3.63) is 30.3 Å². The average molecular weight is 273 g/mol. The van der Waals surface area contributed by atoms with Gasteiger partial charge in [0.05, 0.1) is 0 Å². The van der Waals surface area contributed by atoms with Gasteiger partial charge in [-0.05, 0) is 24.4 Å². The number of rotatable bonds is 3. The standard InChI is InChI=1S/C12H13F2NO2S/c13-10(14)12(16)6-8(7-12)15-11(18)17-9-4-2-1-3-5-9/h1-5,8,10,16H,6-7H2,(H,15,18)/t8-,12+. The number of para-hydroxylation sites is 1. The Bertz CT molecular complexity index is 421. The van der Waals surface area contributed by atoms with Crippen LogP contribution in [0.25, 0.3) is 0 Å². The molecule has 3 nitrogen and oxygen atoms in total. The molecule has 18 heavy (non-hydrogen) atoms. The minimum absolute atomic E-state index is 0.0248. The maximum absolute atomic E-state index is 12.4. The van der Waals surface area contributed by atoms with Crippen LogP contribution in [0.5, 0.6) is 5.75 Å². The molecule has 1 aliphatic carbocycles. The van der Waals surface area contributed by atoms with E-state index >= 15 is 0 Å². The Morgan fingerprint density at radius 2 is 2.00 bits per heavy atom. The number of halogens is 2. The van der Waals surface area contributed by atoms with Crippen LogP contribution in [0.2, 0.25) is 0 Å². The highest BCUT2D eigenvalue weighted by Gasteiger charge is 2.50. The second-order valence-corrected chi connectivity index (χ2v) is 4.73. The molecule has 0 heterocycles. The fourth-order valence-corrected chi connectivity index (χ4v) is 2.13. The molecule has 2 N–H and O–H groups in total. The van der Waals surface area contributed by atoms with Gasteiger partial charge in [-0.2, -0.15) is 0 Å². The molecule has 0 unspecified atom stereocenters. The predicted octanol–water partition coefficient (Wildman–Crippen LogP) is 2.10. The number of aliphatic hydroxyl groups is 1. The van der Waals surface area contributed by atoms with Gasteiger partial charge in [0.2, 0.25) is 0 Å². The summed E-state index contributed by atoms with van der Waals surface area (Å²) in [5.74, 6) is 0.582. The molecule has 0 amide bonds. The molecule has 1 aromatic rings. The van der Waals surface area contributed by atoms with Crippen LogP contribution in [0.3, 0.4) is 0 Å². The second-order valence-electron chi connectivity index (χ2n) is 4.36. The molecule has 0 aliphatic heterocycles. The SMILES string of the molecule is O[C@]1(C(F)F)C[C@H](NC(=S)Oc2ccccc2)C1. The van der Waals surface area contributed by atoms with E-state index in [1.165, 1.54) is 0 Å². The van der Waals surface area contributed by atoms with Gasteiger partial charge in [0.25, 0.3) is 11.6 Å². The van der Waals surface area contributed by atoms with Crippen LogP contribution in [-0.4, -0.2) is 28.3 Å². The van der Waals surface area contributed by atoms with Gasteiger partial charge in [-0.1, -0.05) is 18.2 Å². The van der Waals surface area contributed by atoms with Crippen molar-refractivity contribution in [3.8, 4) is 5.75 Å². The van der Waals surface area contributed by atoms with Gasteiger partial charge >= 0.3 is 0 Å². The summed E-state index contributed by atoms with van der Waals surface area (Å²) in [6, 6.07) is 8.67. The van der Waals surface area contributed by atoms with Crippen molar-refractivity contribution in [3.63, 3.8) is 0 Å². The third kappa shape index (κ3) is 2.94. The molecular weight excluding hydrogens is 260 g/mol. The second kappa shape index (κ2) is 5.16. The molecule has 0 aromatic heterocycles. The lowest BCUT2D eigenvalue weighted by Crippen LogP contribution is -2.59. The van der Waals surface area contributed by atoms with Crippen molar-refractivity contribution >= 4 is 17.4 Å². The highest BCUT2D eigenvalue weighted by molar-refractivity contribution is 7.80. The molecule has 0 atom stereocenters. The molecular formula is C12H13F2NO2S. The highest BCUT2D eigenvalue weighted by Crippen LogP contribution is 2.37. The van der Waals surface area contributed by atoms with Gasteiger partial charge in [-0.25, -0.2) is 8.78 Å². The molecule has 1 fully saturated rings. The molecule has 98 valence electrons. The number of alkyl halides is 2. The maximum atomic E-state index is 12.4. The van der Waals surface area contributed by atoms with Crippen LogP contribution >= 0.6 is 12.2 Å². The molecule has 1 aromatic carbocycles. The normalized spacial score (nSPS) is 26.6. The Hall–Kier alpha value is -1.27. The summed E-state index contributed by atoms with van der Waals surface area (Å²) in [6.07, 6.45) is -2.77. The molecule has 0 bridgehead atoms. The molecule has 1 saturated carbocycles. The number of benzene rings is 1. The minimum atomic E-state index is -2.72. The lowest BCUT2D eigenvalue weighted by molar-refractivity contribution is -0.153. The van der Waals surface area contributed by atoms with Crippen LogP contribution in [0.4, 0.5) is 8.78 Å². The summed E-state index contributed by atoms with van der Waals surface area (Å²) < 4.78 is 30.1. The van der Waals surface area contributed by atoms with Gasteiger partial charge in [0.15, 0.2) is 0 Å². The first-order chi connectivity index (χ1) is 8.49. The lowest BCUT2D eigenvalue weighted by atomic mass is 9.76. The number of hydrogen-bond acceptors (Lipinski definition) is 3. The van der Waals surface area contributed by atoms with Gasteiger partial charge in [-0.15, -0.1) is 0 Å². The van der Waals surface area contributed by atoms with Crippen molar-refractivity contribution in [2.45, 2.75) is 30.9 Å². The fourth-order valence-electron chi connectivity index (χ4n) is 1.87. The van der Waals surface area contributed by atoms with E-state index in [9.17, 15) is 13.9 Å². The lowest BCUT2D eigenvalue weighted by Gasteiger charge is -2.43. The largest absolute Gasteiger partial charge is 0.432 e. The number of hydrogen-bond donors (Lipinski definition) is 2. The molecule has 1 aliphatic rings. The molecule has 0 radical (unpaired) electrons. The van der Waals surface area contributed by atoms with Crippen LogP contribution in [-0.2, 0) is 0 Å². The molecule has 0 spiro atoms. The molecule has 2 rings (SSSR count). The molecule has 6 heteroatoms. The Kier molecular flexibility index (Phi) is 3.77. The zero-order valence-corrected chi connectivity index (χ0v) is 10.3. The van der Waals surface area contributed by atoms with E-state index in [1.807, 2.05) is 6.07 Å². The van der Waals surface area contributed by atoms with E-state index in [-0.39, 0.29) is 24.1 Å². The number of thiocarbonyl (C=S) groups is 1. The van der Waals surface area contributed by atoms with Crippen LogP contribution in [0.1, 0.15) is 12.8 Å². The minimum Gasteiger partial charge on any atom is -0.432 e. The van der Waals surface area contributed by atoms with Gasteiger partial charge in [0.1, 0.15) is 11.4 Å². The number of nitrogens with one attached hydrogen (secondary N) is 1.